The Morgan fingerprint density at radius 2 is 1.62 bits per heavy atom. The number of rotatable bonds is 3. The first-order valence-corrected chi connectivity index (χ1v) is 5.04. The highest BCUT2D eigenvalue weighted by atomic mass is 16.3. The summed E-state index contributed by atoms with van der Waals surface area (Å²) in [7, 11) is 0. The molecule has 3 heteroatoms. The molecule has 0 aliphatic carbocycles. The summed E-state index contributed by atoms with van der Waals surface area (Å²) < 4.78 is 0. The van der Waals surface area contributed by atoms with Gasteiger partial charge in [0.15, 0.2) is 0 Å². The average molecular weight is 215 g/mol. The van der Waals surface area contributed by atoms with Crippen molar-refractivity contribution in [1.29, 1.82) is 0 Å². The van der Waals surface area contributed by atoms with Crippen molar-refractivity contribution < 1.29 is 10.2 Å². The number of nitrogens with one attached hydrogen (secondary N) is 1. The van der Waals surface area contributed by atoms with Crippen molar-refractivity contribution in [2.75, 3.05) is 5.32 Å². The van der Waals surface area contributed by atoms with E-state index >= 15 is 0 Å². The normalized spacial score (nSPS) is 10.1. The lowest BCUT2D eigenvalue weighted by molar-refractivity contribution is 0.282. The van der Waals surface area contributed by atoms with Gasteiger partial charge in [0.1, 0.15) is 5.75 Å². The van der Waals surface area contributed by atoms with Crippen LogP contribution in [0.4, 0.5) is 11.4 Å². The Bertz CT molecular complexity index is 466. The van der Waals surface area contributed by atoms with Crippen LogP contribution in [-0.2, 0) is 6.61 Å². The van der Waals surface area contributed by atoms with E-state index in [4.69, 9.17) is 10.2 Å². The van der Waals surface area contributed by atoms with Crippen molar-refractivity contribution in [3.63, 3.8) is 0 Å². The zero-order chi connectivity index (χ0) is 11.4. The van der Waals surface area contributed by atoms with Gasteiger partial charge in [-0.15, -0.1) is 0 Å². The van der Waals surface area contributed by atoms with Crippen LogP contribution in [-0.4, -0.2) is 10.2 Å². The number of benzene rings is 2. The predicted octanol–water partition coefficient (Wildman–Crippen LogP) is 2.63. The highest BCUT2D eigenvalue weighted by Crippen LogP contribution is 2.22. The lowest BCUT2D eigenvalue weighted by Gasteiger charge is -2.10. The molecule has 0 unspecified atom stereocenters. The molecular weight excluding hydrogens is 202 g/mol. The number of aromatic hydroxyl groups is 1. The molecule has 16 heavy (non-hydrogen) atoms. The second-order valence-corrected chi connectivity index (χ2v) is 3.49. The maximum absolute atomic E-state index is 9.16. The number of aliphatic hydroxyl groups is 1. The van der Waals surface area contributed by atoms with Crippen molar-refractivity contribution in [3.05, 3.63) is 54.1 Å². The molecule has 0 fully saturated rings. The average Bonchev–Trinajstić information content (AvgIpc) is 2.33. The quantitative estimate of drug-likeness (QED) is 0.690. The second-order valence-electron chi connectivity index (χ2n) is 3.49. The maximum atomic E-state index is 9.16. The first-order chi connectivity index (χ1) is 7.79. The molecule has 0 bridgehead atoms. The Labute approximate surface area is 94.0 Å². The van der Waals surface area contributed by atoms with Gasteiger partial charge in [-0.3, -0.25) is 0 Å². The molecule has 2 rings (SSSR count). The van der Waals surface area contributed by atoms with Gasteiger partial charge in [-0.25, -0.2) is 0 Å². The van der Waals surface area contributed by atoms with Crippen molar-refractivity contribution >= 4 is 11.4 Å². The molecule has 82 valence electrons. The second kappa shape index (κ2) is 4.68. The van der Waals surface area contributed by atoms with Gasteiger partial charge in [-0.1, -0.05) is 18.2 Å². The maximum Gasteiger partial charge on any atom is 0.115 e. The summed E-state index contributed by atoms with van der Waals surface area (Å²) in [5, 5.41) is 21.5. The van der Waals surface area contributed by atoms with Crippen LogP contribution in [0.25, 0.3) is 0 Å². The summed E-state index contributed by atoms with van der Waals surface area (Å²) in [5.74, 6) is 0.237. The highest BCUT2D eigenvalue weighted by molar-refractivity contribution is 5.63. The Balaban J connectivity index is 2.23. The number of hydrogen-bond acceptors (Lipinski definition) is 3. The molecule has 0 saturated carbocycles. The van der Waals surface area contributed by atoms with Gasteiger partial charge in [0.2, 0.25) is 0 Å². The zero-order valence-electron chi connectivity index (χ0n) is 8.72. The van der Waals surface area contributed by atoms with Crippen LogP contribution < -0.4 is 5.32 Å². The van der Waals surface area contributed by atoms with E-state index in [0.29, 0.717) is 0 Å². The van der Waals surface area contributed by atoms with Gasteiger partial charge in [0.25, 0.3) is 0 Å². The molecule has 3 N–H and O–H groups in total. The van der Waals surface area contributed by atoms with Crippen LogP contribution in [0.3, 0.4) is 0 Å². The summed E-state index contributed by atoms with van der Waals surface area (Å²) in [6, 6.07) is 14.3. The minimum atomic E-state index is 0.00125. The topological polar surface area (TPSA) is 52.5 Å². The van der Waals surface area contributed by atoms with E-state index in [9.17, 15) is 0 Å². The number of hydrogen-bond donors (Lipinski definition) is 3. The molecule has 0 saturated heterocycles. The number of para-hydroxylation sites is 1. The smallest absolute Gasteiger partial charge is 0.115 e. The molecule has 2 aromatic carbocycles. The third-order valence-corrected chi connectivity index (χ3v) is 2.33. The van der Waals surface area contributed by atoms with Crippen LogP contribution in [0.2, 0.25) is 0 Å². The van der Waals surface area contributed by atoms with E-state index in [-0.39, 0.29) is 12.4 Å². The molecular formula is C13H13NO2. The van der Waals surface area contributed by atoms with Crippen molar-refractivity contribution in [2.24, 2.45) is 0 Å². The molecule has 2 aromatic rings. The largest absolute Gasteiger partial charge is 0.508 e. The number of aliphatic hydroxyl groups excluding tert-OH is 1. The molecule has 0 aromatic heterocycles. The monoisotopic (exact) mass is 215 g/mol. The minimum Gasteiger partial charge on any atom is -0.508 e. The lowest BCUT2D eigenvalue weighted by Crippen LogP contribution is -1.95. The van der Waals surface area contributed by atoms with Crippen LogP contribution in [0.5, 0.6) is 5.75 Å². The summed E-state index contributed by atoms with van der Waals surface area (Å²) >= 11 is 0. The third kappa shape index (κ3) is 2.32. The van der Waals surface area contributed by atoms with E-state index < -0.39 is 0 Å². The van der Waals surface area contributed by atoms with E-state index in [2.05, 4.69) is 5.32 Å². The minimum absolute atomic E-state index is 0.00125. The van der Waals surface area contributed by atoms with Gasteiger partial charge in [-0.2, -0.15) is 0 Å². The molecule has 0 amide bonds. The Morgan fingerprint density at radius 1 is 0.938 bits per heavy atom. The fourth-order valence-corrected chi connectivity index (χ4v) is 1.48. The number of phenols is 1. The molecule has 0 aliphatic rings. The number of phenolic OH excluding ortho intramolecular Hbond substituents is 1. The van der Waals surface area contributed by atoms with Gasteiger partial charge >= 0.3 is 0 Å². The van der Waals surface area contributed by atoms with Crippen LogP contribution in [0.1, 0.15) is 5.56 Å². The number of anilines is 2. The molecule has 0 aliphatic heterocycles. The van der Waals surface area contributed by atoms with E-state index in [1.165, 1.54) is 0 Å². The van der Waals surface area contributed by atoms with E-state index in [0.717, 1.165) is 16.9 Å². The van der Waals surface area contributed by atoms with Crippen LogP contribution in [0.15, 0.2) is 48.5 Å². The van der Waals surface area contributed by atoms with Crippen molar-refractivity contribution in [2.45, 2.75) is 6.61 Å². The zero-order valence-corrected chi connectivity index (χ0v) is 8.72. The Hall–Kier alpha value is -2.00. The van der Waals surface area contributed by atoms with Crippen molar-refractivity contribution in [3.8, 4) is 5.75 Å². The molecule has 0 radical (unpaired) electrons. The Morgan fingerprint density at radius 3 is 2.31 bits per heavy atom. The van der Waals surface area contributed by atoms with Gasteiger partial charge in [0, 0.05) is 16.9 Å². The summed E-state index contributed by atoms with van der Waals surface area (Å²) in [5.41, 5.74) is 2.59. The molecule has 0 heterocycles. The third-order valence-electron chi connectivity index (χ3n) is 2.33. The molecule has 0 spiro atoms. The molecule has 3 nitrogen and oxygen atoms in total. The van der Waals surface area contributed by atoms with Gasteiger partial charge in [0.05, 0.1) is 6.61 Å². The van der Waals surface area contributed by atoms with Crippen LogP contribution in [0, 0.1) is 0 Å². The predicted molar refractivity (Wildman–Crippen MR) is 63.8 cm³/mol. The fourth-order valence-electron chi connectivity index (χ4n) is 1.48. The van der Waals surface area contributed by atoms with Crippen LogP contribution >= 0.6 is 0 Å². The lowest BCUT2D eigenvalue weighted by atomic mass is 10.2. The van der Waals surface area contributed by atoms with Gasteiger partial charge in [-0.05, 0) is 30.3 Å². The Kier molecular flexibility index (Phi) is 3.08. The summed E-state index contributed by atoms with van der Waals surface area (Å²) in [6.07, 6.45) is 0. The molecule has 0 atom stereocenters. The first-order valence-electron chi connectivity index (χ1n) is 5.04. The van der Waals surface area contributed by atoms with E-state index in [1.54, 1.807) is 24.3 Å². The van der Waals surface area contributed by atoms with Gasteiger partial charge < -0.3 is 15.5 Å². The SMILES string of the molecule is OCc1ccccc1Nc1ccc(O)cc1. The highest BCUT2D eigenvalue weighted by Gasteiger charge is 2.00. The van der Waals surface area contributed by atoms with Crippen molar-refractivity contribution in [1.82, 2.24) is 0 Å². The summed E-state index contributed by atoms with van der Waals surface area (Å²) in [6.45, 7) is 0.00125. The van der Waals surface area contributed by atoms with E-state index in [1.807, 2.05) is 24.3 Å². The summed E-state index contributed by atoms with van der Waals surface area (Å²) in [4.78, 5) is 0. The standard InChI is InChI=1S/C13H13NO2/c15-9-10-3-1-2-4-13(10)14-11-5-7-12(16)8-6-11/h1-8,14-16H,9H2. The first kappa shape index (κ1) is 10.5. The fraction of sp³-hybridized carbons (Fsp3) is 0.0769.